The lowest BCUT2D eigenvalue weighted by Gasteiger charge is -1.96. The van der Waals surface area contributed by atoms with Crippen LogP contribution in [0.5, 0.6) is 0 Å². The molecule has 5 nitrogen and oxygen atoms in total. The molecule has 2 aromatic rings. The molecule has 0 saturated carbocycles. The van der Waals surface area contributed by atoms with E-state index in [9.17, 15) is 9.59 Å². The van der Waals surface area contributed by atoms with Crippen LogP contribution in [0.2, 0.25) is 0 Å². The summed E-state index contributed by atoms with van der Waals surface area (Å²) in [5, 5.41) is 9.57. The normalized spacial score (nSPS) is 11.1. The van der Waals surface area contributed by atoms with Gasteiger partial charge < -0.3 is 15.8 Å². The van der Waals surface area contributed by atoms with Gasteiger partial charge in [0, 0.05) is 23.2 Å². The number of carbonyl (C=O) groups is 2. The lowest BCUT2D eigenvalue weighted by molar-refractivity contribution is -0.113. The summed E-state index contributed by atoms with van der Waals surface area (Å²) in [7, 11) is 0. The standard InChI is InChI=1S/C12H10N2O3/c13-11(15)4-2-7-1-3-10-8(5-7)9(6-14-10)12(16)17/h1-6,14H,(H2,13,15)(H,16,17). The van der Waals surface area contributed by atoms with E-state index in [1.54, 1.807) is 24.3 Å². The first-order valence-electron chi connectivity index (χ1n) is 4.90. The molecule has 0 aliphatic rings. The molecule has 17 heavy (non-hydrogen) atoms. The molecule has 0 aliphatic heterocycles. The summed E-state index contributed by atoms with van der Waals surface area (Å²) in [6, 6.07) is 5.21. The number of aromatic carboxylic acids is 1. The van der Waals surface area contributed by atoms with E-state index in [0.29, 0.717) is 5.39 Å². The van der Waals surface area contributed by atoms with Gasteiger partial charge in [0.25, 0.3) is 0 Å². The number of benzene rings is 1. The van der Waals surface area contributed by atoms with Crippen LogP contribution in [0.15, 0.2) is 30.5 Å². The Morgan fingerprint density at radius 3 is 2.76 bits per heavy atom. The van der Waals surface area contributed by atoms with Gasteiger partial charge in [-0.25, -0.2) is 4.79 Å². The van der Waals surface area contributed by atoms with Crippen molar-refractivity contribution in [1.29, 1.82) is 0 Å². The van der Waals surface area contributed by atoms with E-state index in [0.717, 1.165) is 11.1 Å². The van der Waals surface area contributed by atoms with E-state index in [1.165, 1.54) is 12.3 Å². The summed E-state index contributed by atoms with van der Waals surface area (Å²) >= 11 is 0. The number of hydrogen-bond donors (Lipinski definition) is 3. The Hall–Kier alpha value is -2.56. The van der Waals surface area contributed by atoms with E-state index < -0.39 is 11.9 Å². The molecule has 0 atom stereocenters. The molecule has 0 unspecified atom stereocenters. The number of nitrogens with two attached hydrogens (primary N) is 1. The third-order valence-electron chi connectivity index (χ3n) is 2.38. The van der Waals surface area contributed by atoms with Crippen LogP contribution in [-0.4, -0.2) is 22.0 Å². The van der Waals surface area contributed by atoms with Gasteiger partial charge in [0.15, 0.2) is 0 Å². The lowest BCUT2D eigenvalue weighted by atomic mass is 10.1. The van der Waals surface area contributed by atoms with E-state index in [4.69, 9.17) is 10.8 Å². The summed E-state index contributed by atoms with van der Waals surface area (Å²) < 4.78 is 0. The first-order chi connectivity index (χ1) is 8.08. The lowest BCUT2D eigenvalue weighted by Crippen LogP contribution is -2.05. The predicted octanol–water partition coefficient (Wildman–Crippen LogP) is 1.36. The maximum atomic E-state index is 10.9. The molecule has 86 valence electrons. The Labute approximate surface area is 96.5 Å². The summed E-state index contributed by atoms with van der Waals surface area (Å²) in [4.78, 5) is 24.4. The molecule has 0 radical (unpaired) electrons. The topological polar surface area (TPSA) is 96.2 Å². The van der Waals surface area contributed by atoms with Crippen molar-refractivity contribution in [2.45, 2.75) is 0 Å². The first-order valence-corrected chi connectivity index (χ1v) is 4.90. The average Bonchev–Trinajstić information content (AvgIpc) is 2.69. The second-order valence-corrected chi connectivity index (χ2v) is 3.55. The highest BCUT2D eigenvalue weighted by Gasteiger charge is 2.09. The second-order valence-electron chi connectivity index (χ2n) is 3.55. The number of H-pyrrole nitrogens is 1. The van der Waals surface area contributed by atoms with Crippen LogP contribution in [0.4, 0.5) is 0 Å². The molecule has 0 bridgehead atoms. The molecule has 0 fully saturated rings. The predicted molar refractivity (Wildman–Crippen MR) is 63.5 cm³/mol. The monoisotopic (exact) mass is 230 g/mol. The minimum atomic E-state index is -0.993. The number of carboxylic acid groups (broad SMARTS) is 1. The van der Waals surface area contributed by atoms with Crippen LogP contribution >= 0.6 is 0 Å². The fourth-order valence-electron chi connectivity index (χ4n) is 1.60. The van der Waals surface area contributed by atoms with Gasteiger partial charge in [0.1, 0.15) is 0 Å². The molecule has 0 saturated heterocycles. The van der Waals surface area contributed by atoms with Crippen molar-refractivity contribution in [3.05, 3.63) is 41.6 Å². The van der Waals surface area contributed by atoms with Gasteiger partial charge in [0.2, 0.25) is 5.91 Å². The Bertz CT molecular complexity index is 626. The molecule has 1 heterocycles. The number of fused-ring (bicyclic) bond motifs is 1. The number of nitrogens with one attached hydrogen (secondary N) is 1. The summed E-state index contributed by atoms with van der Waals surface area (Å²) in [5.41, 5.74) is 6.64. The minimum Gasteiger partial charge on any atom is -0.478 e. The number of rotatable bonds is 3. The minimum absolute atomic E-state index is 0.203. The molecule has 4 N–H and O–H groups in total. The largest absolute Gasteiger partial charge is 0.478 e. The Balaban J connectivity index is 2.51. The molecule has 0 aliphatic carbocycles. The fraction of sp³-hybridized carbons (Fsp3) is 0. The summed E-state index contributed by atoms with van der Waals surface area (Å²) in [6.07, 6.45) is 4.21. The molecule has 5 heteroatoms. The van der Waals surface area contributed by atoms with Gasteiger partial charge in [0.05, 0.1) is 5.56 Å². The molecule has 2 rings (SSSR count). The van der Waals surface area contributed by atoms with Gasteiger partial charge in [-0.2, -0.15) is 0 Å². The zero-order chi connectivity index (χ0) is 12.4. The number of aromatic nitrogens is 1. The van der Waals surface area contributed by atoms with Gasteiger partial charge in [-0.05, 0) is 23.8 Å². The van der Waals surface area contributed by atoms with Gasteiger partial charge in [-0.15, -0.1) is 0 Å². The van der Waals surface area contributed by atoms with E-state index in [1.807, 2.05) is 0 Å². The van der Waals surface area contributed by atoms with Crippen molar-refractivity contribution in [3.63, 3.8) is 0 Å². The average molecular weight is 230 g/mol. The number of amides is 1. The van der Waals surface area contributed by atoms with Crippen molar-refractivity contribution in [1.82, 2.24) is 4.98 Å². The Morgan fingerprint density at radius 2 is 2.12 bits per heavy atom. The van der Waals surface area contributed by atoms with Crippen LogP contribution in [0.25, 0.3) is 17.0 Å². The van der Waals surface area contributed by atoms with Crippen LogP contribution < -0.4 is 5.73 Å². The van der Waals surface area contributed by atoms with Crippen LogP contribution in [0.3, 0.4) is 0 Å². The van der Waals surface area contributed by atoms with Crippen LogP contribution in [0.1, 0.15) is 15.9 Å². The maximum Gasteiger partial charge on any atom is 0.337 e. The van der Waals surface area contributed by atoms with Crippen molar-refractivity contribution in [3.8, 4) is 0 Å². The summed E-state index contributed by atoms with van der Waals surface area (Å²) in [5.74, 6) is -1.54. The molecule has 1 aromatic heterocycles. The third kappa shape index (κ3) is 2.17. The third-order valence-corrected chi connectivity index (χ3v) is 2.38. The zero-order valence-corrected chi connectivity index (χ0v) is 8.81. The van der Waals surface area contributed by atoms with Gasteiger partial charge >= 0.3 is 5.97 Å². The number of carbonyl (C=O) groups excluding carboxylic acids is 1. The first kappa shape index (κ1) is 10.9. The van der Waals surface area contributed by atoms with E-state index >= 15 is 0 Å². The quantitative estimate of drug-likeness (QED) is 0.694. The molecule has 0 spiro atoms. The second kappa shape index (κ2) is 4.13. The van der Waals surface area contributed by atoms with Gasteiger partial charge in [-0.3, -0.25) is 4.79 Å². The number of hydrogen-bond acceptors (Lipinski definition) is 2. The number of carboxylic acids is 1. The van der Waals surface area contributed by atoms with Crippen molar-refractivity contribution < 1.29 is 14.7 Å². The van der Waals surface area contributed by atoms with Crippen LogP contribution in [-0.2, 0) is 4.79 Å². The Morgan fingerprint density at radius 1 is 1.35 bits per heavy atom. The van der Waals surface area contributed by atoms with Gasteiger partial charge in [-0.1, -0.05) is 6.07 Å². The smallest absolute Gasteiger partial charge is 0.337 e. The number of primary amides is 1. The highest BCUT2D eigenvalue weighted by molar-refractivity contribution is 6.03. The molecular weight excluding hydrogens is 220 g/mol. The highest BCUT2D eigenvalue weighted by Crippen LogP contribution is 2.20. The van der Waals surface area contributed by atoms with Crippen molar-refractivity contribution in [2.24, 2.45) is 5.73 Å². The zero-order valence-electron chi connectivity index (χ0n) is 8.81. The molecule has 1 amide bonds. The molecular formula is C12H10N2O3. The summed E-state index contributed by atoms with van der Waals surface area (Å²) in [6.45, 7) is 0. The highest BCUT2D eigenvalue weighted by atomic mass is 16.4. The fourth-order valence-corrected chi connectivity index (χ4v) is 1.60. The van der Waals surface area contributed by atoms with E-state index in [-0.39, 0.29) is 5.56 Å². The van der Waals surface area contributed by atoms with Crippen molar-refractivity contribution >= 4 is 28.9 Å². The SMILES string of the molecule is NC(=O)C=Cc1ccc2[nH]cc(C(=O)O)c2c1. The Kier molecular flexibility index (Phi) is 2.66. The number of aromatic amines is 1. The van der Waals surface area contributed by atoms with E-state index in [2.05, 4.69) is 4.98 Å². The molecule has 1 aromatic carbocycles. The van der Waals surface area contributed by atoms with Crippen molar-refractivity contribution in [2.75, 3.05) is 0 Å². The van der Waals surface area contributed by atoms with Crippen LogP contribution in [0, 0.1) is 0 Å². The maximum absolute atomic E-state index is 10.9.